The molecule has 0 aliphatic carbocycles. The van der Waals surface area contributed by atoms with Crippen LogP contribution >= 0.6 is 0 Å². The lowest BCUT2D eigenvalue weighted by Crippen LogP contribution is -2.40. The highest BCUT2D eigenvalue weighted by atomic mass is 16.6. The molecule has 1 unspecified atom stereocenters. The number of hydrogen-bond donors (Lipinski definition) is 1. The zero-order valence-electron chi connectivity index (χ0n) is 8.86. The third kappa shape index (κ3) is 2.23. The second-order valence-electron chi connectivity index (χ2n) is 3.76. The largest absolute Gasteiger partial charge is 0.494 e. The molecule has 5 nitrogen and oxygen atoms in total. The lowest BCUT2D eigenvalue weighted by Gasteiger charge is -2.25. The summed E-state index contributed by atoms with van der Waals surface area (Å²) < 4.78 is 10.3. The Morgan fingerprint density at radius 3 is 3.07 bits per heavy atom. The third-order valence-corrected chi connectivity index (χ3v) is 2.76. The number of hydrogen-bond acceptors (Lipinski definition) is 4. The van der Waals surface area contributed by atoms with Crippen molar-refractivity contribution in [2.45, 2.75) is 12.5 Å². The minimum atomic E-state index is -0.0941. The van der Waals surface area contributed by atoms with Gasteiger partial charge in [0.15, 0.2) is 0 Å². The van der Waals surface area contributed by atoms with E-state index in [1.54, 1.807) is 11.9 Å². The fourth-order valence-electron chi connectivity index (χ4n) is 1.79. The van der Waals surface area contributed by atoms with E-state index in [1.807, 2.05) is 0 Å². The summed E-state index contributed by atoms with van der Waals surface area (Å²) in [5, 5.41) is 3.23. The summed E-state index contributed by atoms with van der Waals surface area (Å²) >= 11 is 0. The zero-order valence-corrected chi connectivity index (χ0v) is 8.86. The van der Waals surface area contributed by atoms with Crippen molar-refractivity contribution in [2.24, 2.45) is 0 Å². The molecule has 84 valence electrons. The maximum atomic E-state index is 11.9. The molecule has 0 aromatic rings. The van der Waals surface area contributed by atoms with Crippen LogP contribution in [0.15, 0.2) is 12.0 Å². The number of nitrogens with one attached hydrogen (secondary N) is 1. The van der Waals surface area contributed by atoms with E-state index in [9.17, 15) is 4.79 Å². The van der Waals surface area contributed by atoms with Gasteiger partial charge in [0.1, 0.15) is 19.5 Å². The molecule has 0 aromatic heterocycles. The molecule has 1 saturated heterocycles. The molecule has 1 fully saturated rings. The lowest BCUT2D eigenvalue weighted by atomic mass is 10.2. The molecule has 5 heteroatoms. The van der Waals surface area contributed by atoms with Gasteiger partial charge in [-0.15, -0.1) is 0 Å². The van der Waals surface area contributed by atoms with Gasteiger partial charge in [-0.3, -0.25) is 4.79 Å². The lowest BCUT2D eigenvalue weighted by molar-refractivity contribution is -0.132. The molecule has 2 heterocycles. The molecule has 1 atom stereocenters. The van der Waals surface area contributed by atoms with Crippen LogP contribution in [0.5, 0.6) is 0 Å². The first-order chi connectivity index (χ1) is 7.29. The number of ether oxygens (including phenoxy) is 2. The monoisotopic (exact) mass is 212 g/mol. The van der Waals surface area contributed by atoms with Gasteiger partial charge in [0.05, 0.1) is 0 Å². The summed E-state index contributed by atoms with van der Waals surface area (Å²) in [6, 6.07) is 0.268. The minimum absolute atomic E-state index is 0.0941. The molecule has 2 rings (SSSR count). The van der Waals surface area contributed by atoms with Gasteiger partial charge in [0.25, 0.3) is 5.91 Å². The van der Waals surface area contributed by atoms with E-state index in [4.69, 9.17) is 9.47 Å². The van der Waals surface area contributed by atoms with Crippen molar-refractivity contribution in [3.05, 3.63) is 12.0 Å². The SMILES string of the molecule is CN(C(=O)C1=COCCO1)C1CCNC1. The van der Waals surface area contributed by atoms with Crippen molar-refractivity contribution < 1.29 is 14.3 Å². The topological polar surface area (TPSA) is 50.8 Å². The molecule has 0 bridgehead atoms. The van der Waals surface area contributed by atoms with Gasteiger partial charge in [-0.25, -0.2) is 0 Å². The van der Waals surface area contributed by atoms with Crippen LogP contribution in [0.4, 0.5) is 0 Å². The summed E-state index contributed by atoms with van der Waals surface area (Å²) in [7, 11) is 1.80. The summed E-state index contributed by atoms with van der Waals surface area (Å²) in [5.41, 5.74) is 0. The van der Waals surface area contributed by atoms with Gasteiger partial charge in [-0.1, -0.05) is 0 Å². The molecule has 2 aliphatic rings. The van der Waals surface area contributed by atoms with E-state index < -0.39 is 0 Å². The Hall–Kier alpha value is -1.23. The van der Waals surface area contributed by atoms with Crippen LogP contribution in [0.1, 0.15) is 6.42 Å². The number of nitrogens with zero attached hydrogens (tertiary/aromatic N) is 1. The van der Waals surface area contributed by atoms with Crippen LogP contribution in [0.3, 0.4) is 0 Å². The maximum absolute atomic E-state index is 11.9. The van der Waals surface area contributed by atoms with Crippen LogP contribution in [0.25, 0.3) is 0 Å². The fourth-order valence-corrected chi connectivity index (χ4v) is 1.79. The second kappa shape index (κ2) is 4.53. The van der Waals surface area contributed by atoms with Crippen LogP contribution in [0, 0.1) is 0 Å². The van der Waals surface area contributed by atoms with Crippen LogP contribution < -0.4 is 5.32 Å². The van der Waals surface area contributed by atoms with Crippen molar-refractivity contribution in [2.75, 3.05) is 33.4 Å². The van der Waals surface area contributed by atoms with Gasteiger partial charge >= 0.3 is 0 Å². The Morgan fingerprint density at radius 2 is 2.47 bits per heavy atom. The average Bonchev–Trinajstić information content (AvgIpc) is 2.82. The number of carbonyl (C=O) groups is 1. The van der Waals surface area contributed by atoms with E-state index in [0.717, 1.165) is 19.5 Å². The Morgan fingerprint density at radius 1 is 1.60 bits per heavy atom. The first-order valence-electron chi connectivity index (χ1n) is 5.21. The van der Waals surface area contributed by atoms with Gasteiger partial charge in [0, 0.05) is 19.6 Å². The number of carbonyl (C=O) groups excluding carboxylic acids is 1. The smallest absolute Gasteiger partial charge is 0.292 e. The summed E-state index contributed by atoms with van der Waals surface area (Å²) in [5.74, 6) is 0.221. The number of rotatable bonds is 2. The van der Waals surface area contributed by atoms with Crippen LogP contribution in [-0.2, 0) is 14.3 Å². The predicted molar refractivity (Wildman–Crippen MR) is 54.0 cm³/mol. The standard InChI is InChI=1S/C10H16N2O3/c1-12(8-2-3-11-6-8)10(13)9-7-14-4-5-15-9/h7-8,11H,2-6H2,1H3. The fraction of sp³-hybridized carbons (Fsp3) is 0.700. The number of likely N-dealkylation sites (N-methyl/N-ethyl adjacent to an activating group) is 1. The van der Waals surface area contributed by atoms with Crippen molar-refractivity contribution >= 4 is 5.91 Å². The van der Waals surface area contributed by atoms with Crippen molar-refractivity contribution in [1.82, 2.24) is 10.2 Å². The van der Waals surface area contributed by atoms with E-state index in [-0.39, 0.29) is 11.9 Å². The normalized spacial score (nSPS) is 25.1. The molecule has 0 radical (unpaired) electrons. The van der Waals surface area contributed by atoms with Gasteiger partial charge < -0.3 is 19.7 Å². The predicted octanol–water partition coefficient (Wildman–Crippen LogP) is -0.305. The Labute approximate surface area is 89.0 Å². The van der Waals surface area contributed by atoms with Crippen LogP contribution in [0.2, 0.25) is 0 Å². The first kappa shape index (κ1) is 10.3. The third-order valence-electron chi connectivity index (χ3n) is 2.76. The molecular formula is C10H16N2O3. The second-order valence-corrected chi connectivity index (χ2v) is 3.76. The summed E-state index contributed by atoms with van der Waals surface area (Å²) in [6.07, 6.45) is 2.40. The van der Waals surface area contributed by atoms with E-state index in [2.05, 4.69) is 5.32 Å². The molecule has 0 spiro atoms. The van der Waals surface area contributed by atoms with Gasteiger partial charge in [-0.05, 0) is 13.0 Å². The maximum Gasteiger partial charge on any atom is 0.292 e. The molecule has 1 amide bonds. The average molecular weight is 212 g/mol. The van der Waals surface area contributed by atoms with Gasteiger partial charge in [0.2, 0.25) is 5.76 Å². The van der Waals surface area contributed by atoms with Crippen molar-refractivity contribution in [3.8, 4) is 0 Å². The molecule has 1 N–H and O–H groups in total. The highest BCUT2D eigenvalue weighted by Crippen LogP contribution is 2.13. The molecule has 2 aliphatic heterocycles. The Bertz CT molecular complexity index is 272. The van der Waals surface area contributed by atoms with Gasteiger partial charge in [-0.2, -0.15) is 0 Å². The highest BCUT2D eigenvalue weighted by molar-refractivity contribution is 5.91. The Kier molecular flexibility index (Phi) is 3.11. The molecule has 0 saturated carbocycles. The molecular weight excluding hydrogens is 196 g/mol. The van der Waals surface area contributed by atoms with Crippen molar-refractivity contribution in [3.63, 3.8) is 0 Å². The quantitative estimate of drug-likeness (QED) is 0.682. The van der Waals surface area contributed by atoms with E-state index >= 15 is 0 Å². The van der Waals surface area contributed by atoms with E-state index in [0.29, 0.717) is 19.0 Å². The van der Waals surface area contributed by atoms with E-state index in [1.165, 1.54) is 6.26 Å². The summed E-state index contributed by atoms with van der Waals surface area (Å²) in [4.78, 5) is 13.6. The highest BCUT2D eigenvalue weighted by Gasteiger charge is 2.27. The summed E-state index contributed by atoms with van der Waals surface area (Å²) in [6.45, 7) is 2.80. The first-order valence-corrected chi connectivity index (χ1v) is 5.21. The Balaban J connectivity index is 1.96. The molecule has 15 heavy (non-hydrogen) atoms. The minimum Gasteiger partial charge on any atom is -0.494 e. The zero-order chi connectivity index (χ0) is 10.7. The molecule has 0 aromatic carbocycles. The van der Waals surface area contributed by atoms with Crippen LogP contribution in [-0.4, -0.2) is 50.2 Å². The number of amides is 1. The van der Waals surface area contributed by atoms with Crippen molar-refractivity contribution in [1.29, 1.82) is 0 Å².